The summed E-state index contributed by atoms with van der Waals surface area (Å²) < 4.78 is 17.1. The number of para-hydroxylation sites is 1. The maximum absolute atomic E-state index is 13.3. The summed E-state index contributed by atoms with van der Waals surface area (Å²) in [6.45, 7) is 7.67. The molecular formula is C30H33N3O4. The Balaban J connectivity index is 1.63. The van der Waals surface area contributed by atoms with Crippen molar-refractivity contribution in [3.63, 3.8) is 0 Å². The molecule has 37 heavy (non-hydrogen) atoms. The summed E-state index contributed by atoms with van der Waals surface area (Å²) in [5, 5.41) is 5.95. The normalized spacial score (nSPS) is 17.5. The Hall–Kier alpha value is -4.10. The Morgan fingerprint density at radius 3 is 2.57 bits per heavy atom. The predicted molar refractivity (Wildman–Crippen MR) is 149 cm³/mol. The van der Waals surface area contributed by atoms with Crippen LogP contribution in [0.5, 0.6) is 5.75 Å². The lowest BCUT2D eigenvalue weighted by atomic mass is 10.0. The van der Waals surface area contributed by atoms with Crippen LogP contribution in [-0.4, -0.2) is 45.5 Å². The zero-order chi connectivity index (χ0) is 26.4. The van der Waals surface area contributed by atoms with E-state index in [4.69, 9.17) is 14.2 Å². The summed E-state index contributed by atoms with van der Waals surface area (Å²) in [4.78, 5) is 15.4. The zero-order valence-electron chi connectivity index (χ0n) is 22.0. The van der Waals surface area contributed by atoms with Crippen LogP contribution in [0.3, 0.4) is 0 Å². The fourth-order valence-corrected chi connectivity index (χ4v) is 4.08. The third-order valence-corrected chi connectivity index (χ3v) is 6.13. The van der Waals surface area contributed by atoms with Crippen LogP contribution >= 0.6 is 0 Å². The molecule has 0 bridgehead atoms. The van der Waals surface area contributed by atoms with Gasteiger partial charge in [-0.2, -0.15) is 10.1 Å². The molecule has 0 saturated carbocycles. The summed E-state index contributed by atoms with van der Waals surface area (Å²) in [7, 11) is 3.70. The number of carbonyl (C=O) groups excluding carboxylic acids is 1. The van der Waals surface area contributed by atoms with E-state index in [0.717, 1.165) is 34.8 Å². The topological polar surface area (TPSA) is 63.6 Å². The number of benzene rings is 2. The van der Waals surface area contributed by atoms with Gasteiger partial charge in [0.15, 0.2) is 0 Å². The molecule has 0 fully saturated rings. The standard InChI is InChI=1S/C30H33N3O4/c1-6-32(4)26-14-12-23(28(20-26)36-17-16-35-5)13-15-27-19-24(18-21(2)37-27)29-22(3)31-33(30(29)34)25-10-8-7-9-11-25/h7-15,18-20H,6,16-17H2,1-5H3/b15-13+,29-24+. The molecule has 2 aromatic rings. The van der Waals surface area contributed by atoms with E-state index in [9.17, 15) is 4.79 Å². The van der Waals surface area contributed by atoms with Gasteiger partial charge in [0.05, 0.1) is 23.6 Å². The molecule has 2 aliphatic heterocycles. The summed E-state index contributed by atoms with van der Waals surface area (Å²) in [6.07, 6.45) is 7.58. The first-order chi connectivity index (χ1) is 17.9. The molecule has 1 amide bonds. The van der Waals surface area contributed by atoms with Gasteiger partial charge in [-0.15, -0.1) is 0 Å². The SMILES string of the molecule is CCN(C)c1ccc(/C=C/C2=CC(=C3/C(=O)N(c4ccccc4)N=C3C)/C=C(C)O2)c(OCCOC)c1. The lowest BCUT2D eigenvalue weighted by Crippen LogP contribution is -2.22. The van der Waals surface area contributed by atoms with Gasteiger partial charge in [-0.3, -0.25) is 4.79 Å². The van der Waals surface area contributed by atoms with E-state index in [2.05, 4.69) is 23.0 Å². The van der Waals surface area contributed by atoms with Crippen LogP contribution in [0, 0.1) is 0 Å². The lowest BCUT2D eigenvalue weighted by Gasteiger charge is -2.19. The molecule has 2 heterocycles. The van der Waals surface area contributed by atoms with Crippen LogP contribution in [0.4, 0.5) is 11.4 Å². The highest BCUT2D eigenvalue weighted by molar-refractivity contribution is 6.30. The molecule has 0 N–H and O–H groups in total. The number of nitrogens with zero attached hydrogens (tertiary/aromatic N) is 3. The number of carbonyl (C=O) groups is 1. The van der Waals surface area contributed by atoms with E-state index in [1.54, 1.807) is 7.11 Å². The van der Waals surface area contributed by atoms with Crippen LogP contribution in [0.1, 0.15) is 26.3 Å². The molecule has 0 spiro atoms. The van der Waals surface area contributed by atoms with Gasteiger partial charge in [0.25, 0.3) is 5.91 Å². The average molecular weight is 500 g/mol. The molecule has 7 heteroatoms. The van der Waals surface area contributed by atoms with Crippen molar-refractivity contribution in [3.8, 4) is 5.75 Å². The number of hydrogen-bond acceptors (Lipinski definition) is 6. The fraction of sp³-hybridized carbons (Fsp3) is 0.267. The molecule has 0 radical (unpaired) electrons. The highest BCUT2D eigenvalue weighted by Crippen LogP contribution is 2.31. The first-order valence-corrected chi connectivity index (χ1v) is 12.3. The van der Waals surface area contributed by atoms with E-state index < -0.39 is 0 Å². The molecule has 4 rings (SSSR count). The van der Waals surface area contributed by atoms with Gasteiger partial charge < -0.3 is 19.1 Å². The van der Waals surface area contributed by atoms with Crippen molar-refractivity contribution >= 4 is 29.1 Å². The van der Waals surface area contributed by atoms with Gasteiger partial charge in [0, 0.05) is 38.0 Å². The smallest absolute Gasteiger partial charge is 0.281 e. The third kappa shape index (κ3) is 6.01. The van der Waals surface area contributed by atoms with Crippen molar-refractivity contribution in [3.05, 3.63) is 95.0 Å². The minimum absolute atomic E-state index is 0.159. The van der Waals surface area contributed by atoms with Crippen LogP contribution in [-0.2, 0) is 14.3 Å². The number of ether oxygens (including phenoxy) is 3. The Morgan fingerprint density at radius 1 is 1.05 bits per heavy atom. The Morgan fingerprint density at radius 2 is 1.84 bits per heavy atom. The maximum atomic E-state index is 13.3. The molecule has 2 aromatic carbocycles. The second-order valence-electron chi connectivity index (χ2n) is 8.78. The summed E-state index contributed by atoms with van der Waals surface area (Å²) in [5.41, 5.74) is 4.72. The number of anilines is 2. The Labute approximate surface area is 218 Å². The Bertz CT molecular complexity index is 1310. The number of hydrogen-bond donors (Lipinski definition) is 0. The van der Waals surface area contributed by atoms with Crippen molar-refractivity contribution in [2.45, 2.75) is 20.8 Å². The van der Waals surface area contributed by atoms with Gasteiger partial charge in [-0.1, -0.05) is 18.2 Å². The largest absolute Gasteiger partial charge is 0.490 e. The number of amides is 1. The quantitative estimate of drug-likeness (QED) is 0.326. The fourth-order valence-electron chi connectivity index (χ4n) is 4.08. The molecule has 2 aliphatic rings. The van der Waals surface area contributed by atoms with E-state index in [1.807, 2.05) is 87.7 Å². The number of methoxy groups -OCH3 is 1. The monoisotopic (exact) mass is 499 g/mol. The van der Waals surface area contributed by atoms with Crippen LogP contribution in [0.25, 0.3) is 6.08 Å². The second kappa shape index (κ2) is 11.8. The molecule has 192 valence electrons. The van der Waals surface area contributed by atoms with Gasteiger partial charge >= 0.3 is 0 Å². The lowest BCUT2D eigenvalue weighted by molar-refractivity contribution is -0.114. The van der Waals surface area contributed by atoms with E-state index in [-0.39, 0.29) is 5.91 Å². The second-order valence-corrected chi connectivity index (χ2v) is 8.78. The zero-order valence-corrected chi connectivity index (χ0v) is 22.0. The van der Waals surface area contributed by atoms with E-state index in [0.29, 0.717) is 36.0 Å². The minimum Gasteiger partial charge on any atom is -0.490 e. The van der Waals surface area contributed by atoms with Gasteiger partial charge in [0.2, 0.25) is 0 Å². The Kier molecular flexibility index (Phi) is 8.25. The molecule has 0 unspecified atom stereocenters. The molecule has 0 atom stereocenters. The predicted octanol–water partition coefficient (Wildman–Crippen LogP) is 5.72. The maximum Gasteiger partial charge on any atom is 0.281 e. The first-order valence-electron chi connectivity index (χ1n) is 12.3. The number of allylic oxidation sites excluding steroid dienone is 5. The van der Waals surface area contributed by atoms with Crippen molar-refractivity contribution in [1.82, 2.24) is 0 Å². The summed E-state index contributed by atoms with van der Waals surface area (Å²) >= 11 is 0. The van der Waals surface area contributed by atoms with Crippen molar-refractivity contribution < 1.29 is 19.0 Å². The molecule has 0 aromatic heterocycles. The van der Waals surface area contributed by atoms with Gasteiger partial charge in [0.1, 0.15) is 23.9 Å². The number of hydrazone groups is 1. The van der Waals surface area contributed by atoms with Crippen LogP contribution in [0.2, 0.25) is 0 Å². The molecular weight excluding hydrogens is 466 g/mol. The van der Waals surface area contributed by atoms with Gasteiger partial charge in [-0.05, 0) is 74.9 Å². The van der Waals surface area contributed by atoms with E-state index in [1.165, 1.54) is 5.01 Å². The first kappa shape index (κ1) is 26.0. The average Bonchev–Trinajstić information content (AvgIpc) is 3.21. The van der Waals surface area contributed by atoms with E-state index >= 15 is 0 Å². The molecule has 0 aliphatic carbocycles. The number of rotatable bonds is 9. The van der Waals surface area contributed by atoms with Crippen LogP contribution < -0.4 is 14.6 Å². The van der Waals surface area contributed by atoms with Crippen molar-refractivity contribution in [1.29, 1.82) is 0 Å². The minimum atomic E-state index is -0.159. The highest BCUT2D eigenvalue weighted by Gasteiger charge is 2.31. The van der Waals surface area contributed by atoms with Gasteiger partial charge in [-0.25, -0.2) is 0 Å². The third-order valence-electron chi connectivity index (χ3n) is 6.13. The van der Waals surface area contributed by atoms with Crippen molar-refractivity contribution in [2.75, 3.05) is 43.8 Å². The molecule has 0 saturated heterocycles. The van der Waals surface area contributed by atoms with Crippen LogP contribution in [0.15, 0.2) is 94.5 Å². The summed E-state index contributed by atoms with van der Waals surface area (Å²) in [6, 6.07) is 15.6. The molecule has 7 nitrogen and oxygen atoms in total. The van der Waals surface area contributed by atoms with Crippen molar-refractivity contribution in [2.24, 2.45) is 5.10 Å². The highest BCUT2D eigenvalue weighted by atomic mass is 16.5. The summed E-state index contributed by atoms with van der Waals surface area (Å²) in [5.74, 6) is 1.92.